The second-order valence-corrected chi connectivity index (χ2v) is 5.30. The fraction of sp³-hybridized carbons (Fsp3) is 0.333. The van der Waals surface area contributed by atoms with E-state index in [2.05, 4.69) is 21.4 Å². The first-order chi connectivity index (χ1) is 9.04. The minimum atomic E-state index is -0.202. The number of hydrogen-bond donors (Lipinski definition) is 1. The molecular weight excluding hydrogens is 238 g/mol. The third-order valence-corrected chi connectivity index (χ3v) is 2.43. The Bertz CT molecular complexity index is 520. The summed E-state index contributed by atoms with van der Waals surface area (Å²) in [5, 5.41) is 3.28. The Balaban J connectivity index is 2.08. The molecule has 0 aliphatic carbocycles. The number of benzene rings is 1. The predicted octanol–water partition coefficient (Wildman–Crippen LogP) is 3.27. The molecule has 19 heavy (non-hydrogen) atoms. The summed E-state index contributed by atoms with van der Waals surface area (Å²) in [6.07, 6.45) is 5.02. The summed E-state index contributed by atoms with van der Waals surface area (Å²) in [6.45, 7) is 6.81. The number of ether oxygens (including phenoxy) is 1. The first kappa shape index (κ1) is 13.3. The fourth-order valence-electron chi connectivity index (χ4n) is 1.67. The number of nitrogens with zero attached hydrogens (tertiary/aromatic N) is 2. The van der Waals surface area contributed by atoms with Crippen molar-refractivity contribution in [1.29, 1.82) is 0 Å². The van der Waals surface area contributed by atoms with Gasteiger partial charge in [-0.3, -0.25) is 0 Å². The van der Waals surface area contributed by atoms with Crippen molar-refractivity contribution < 1.29 is 4.74 Å². The maximum Gasteiger partial charge on any atom is 0.125 e. The van der Waals surface area contributed by atoms with Crippen LogP contribution < -0.4 is 10.1 Å². The van der Waals surface area contributed by atoms with Crippen LogP contribution >= 0.6 is 0 Å². The van der Waals surface area contributed by atoms with E-state index in [4.69, 9.17) is 4.74 Å². The molecule has 0 aliphatic heterocycles. The Kier molecular flexibility index (Phi) is 4.00. The van der Waals surface area contributed by atoms with E-state index in [0.29, 0.717) is 6.54 Å². The van der Waals surface area contributed by atoms with Crippen LogP contribution in [0, 0.1) is 0 Å². The molecule has 0 amide bonds. The van der Waals surface area contributed by atoms with E-state index in [1.165, 1.54) is 6.33 Å². The number of aromatic nitrogens is 2. The van der Waals surface area contributed by atoms with Crippen LogP contribution in [0.4, 0.5) is 5.69 Å². The summed E-state index contributed by atoms with van der Waals surface area (Å²) < 4.78 is 5.95. The predicted molar refractivity (Wildman–Crippen MR) is 76.2 cm³/mol. The van der Waals surface area contributed by atoms with E-state index in [0.717, 1.165) is 17.0 Å². The maximum atomic E-state index is 5.95. The molecule has 2 rings (SSSR count). The third-order valence-electron chi connectivity index (χ3n) is 2.43. The fourth-order valence-corrected chi connectivity index (χ4v) is 1.67. The molecule has 0 aliphatic rings. The number of nitrogens with one attached hydrogen (secondary N) is 1. The van der Waals surface area contributed by atoms with Crippen molar-refractivity contribution in [3.05, 3.63) is 48.5 Å². The van der Waals surface area contributed by atoms with Gasteiger partial charge in [0.05, 0.1) is 18.1 Å². The van der Waals surface area contributed by atoms with Crippen LogP contribution in [0.25, 0.3) is 0 Å². The van der Waals surface area contributed by atoms with Crippen molar-refractivity contribution in [2.45, 2.75) is 32.9 Å². The van der Waals surface area contributed by atoms with Crippen molar-refractivity contribution in [2.24, 2.45) is 0 Å². The van der Waals surface area contributed by atoms with Crippen molar-refractivity contribution in [3.8, 4) is 5.75 Å². The molecule has 4 heteroatoms. The molecule has 1 aromatic carbocycles. The van der Waals surface area contributed by atoms with Gasteiger partial charge in [-0.1, -0.05) is 18.2 Å². The van der Waals surface area contributed by atoms with Gasteiger partial charge in [-0.25, -0.2) is 9.97 Å². The quantitative estimate of drug-likeness (QED) is 0.913. The highest BCUT2D eigenvalue weighted by atomic mass is 16.5. The van der Waals surface area contributed by atoms with Gasteiger partial charge in [0, 0.05) is 12.1 Å². The highest BCUT2D eigenvalue weighted by Gasteiger charge is 2.14. The Hall–Kier alpha value is -2.10. The molecule has 2 aromatic rings. The zero-order valence-corrected chi connectivity index (χ0v) is 11.6. The van der Waals surface area contributed by atoms with E-state index in [-0.39, 0.29) is 5.60 Å². The van der Waals surface area contributed by atoms with E-state index in [9.17, 15) is 0 Å². The summed E-state index contributed by atoms with van der Waals surface area (Å²) in [6, 6.07) is 8.03. The third kappa shape index (κ3) is 4.25. The van der Waals surface area contributed by atoms with Gasteiger partial charge in [-0.2, -0.15) is 0 Å². The largest absolute Gasteiger partial charge is 0.488 e. The molecule has 100 valence electrons. The molecule has 0 radical (unpaired) electrons. The molecule has 0 bridgehead atoms. The molecule has 4 nitrogen and oxygen atoms in total. The lowest BCUT2D eigenvalue weighted by atomic mass is 10.1. The topological polar surface area (TPSA) is 47.0 Å². The molecule has 0 spiro atoms. The molecule has 0 atom stereocenters. The summed E-state index contributed by atoms with van der Waals surface area (Å²) in [5.41, 5.74) is 1.81. The van der Waals surface area contributed by atoms with Gasteiger partial charge in [0.2, 0.25) is 0 Å². The van der Waals surface area contributed by atoms with E-state index < -0.39 is 0 Å². The molecule has 0 unspecified atom stereocenters. The molecule has 0 fully saturated rings. The summed E-state index contributed by atoms with van der Waals surface area (Å²) in [7, 11) is 0. The normalized spacial score (nSPS) is 11.1. The average Bonchev–Trinajstić information content (AvgIpc) is 2.37. The van der Waals surface area contributed by atoms with Crippen LogP contribution in [0.5, 0.6) is 5.75 Å². The Labute approximate surface area is 113 Å². The summed E-state index contributed by atoms with van der Waals surface area (Å²) >= 11 is 0. The van der Waals surface area contributed by atoms with Crippen LogP contribution in [0.3, 0.4) is 0 Å². The second-order valence-electron chi connectivity index (χ2n) is 5.30. The van der Waals surface area contributed by atoms with Gasteiger partial charge in [0.25, 0.3) is 0 Å². The first-order valence-electron chi connectivity index (χ1n) is 6.30. The van der Waals surface area contributed by atoms with Gasteiger partial charge in [0.1, 0.15) is 17.7 Å². The van der Waals surface area contributed by atoms with Gasteiger partial charge in [0.15, 0.2) is 0 Å². The highest BCUT2D eigenvalue weighted by molar-refractivity contribution is 5.41. The minimum Gasteiger partial charge on any atom is -0.488 e. The van der Waals surface area contributed by atoms with E-state index >= 15 is 0 Å². The lowest BCUT2D eigenvalue weighted by molar-refractivity contribution is 0.129. The van der Waals surface area contributed by atoms with Gasteiger partial charge < -0.3 is 10.1 Å². The average molecular weight is 257 g/mol. The number of anilines is 1. The molecular formula is C15H19N3O. The van der Waals surface area contributed by atoms with Crippen LogP contribution in [-0.2, 0) is 6.54 Å². The number of hydrogen-bond acceptors (Lipinski definition) is 4. The summed E-state index contributed by atoms with van der Waals surface area (Å²) in [4.78, 5) is 7.95. The van der Waals surface area contributed by atoms with Gasteiger partial charge in [-0.05, 0) is 26.8 Å². The Morgan fingerprint density at radius 1 is 1.11 bits per heavy atom. The zero-order valence-electron chi connectivity index (χ0n) is 11.6. The van der Waals surface area contributed by atoms with Crippen LogP contribution in [-0.4, -0.2) is 15.6 Å². The van der Waals surface area contributed by atoms with E-state index in [1.807, 2.05) is 39.0 Å². The molecule has 1 N–H and O–H groups in total. The lowest BCUT2D eigenvalue weighted by Crippen LogP contribution is -2.23. The van der Waals surface area contributed by atoms with Crippen molar-refractivity contribution >= 4 is 5.69 Å². The van der Waals surface area contributed by atoms with Crippen LogP contribution in [0.1, 0.15) is 26.3 Å². The molecule has 1 aromatic heterocycles. The Morgan fingerprint density at radius 2 is 1.79 bits per heavy atom. The minimum absolute atomic E-state index is 0.202. The molecule has 0 saturated heterocycles. The molecule has 1 heterocycles. The van der Waals surface area contributed by atoms with Crippen molar-refractivity contribution in [2.75, 3.05) is 5.32 Å². The number of rotatable bonds is 4. The highest BCUT2D eigenvalue weighted by Crippen LogP contribution is 2.23. The zero-order chi connectivity index (χ0) is 13.7. The van der Waals surface area contributed by atoms with Crippen LogP contribution in [0.15, 0.2) is 43.0 Å². The van der Waals surface area contributed by atoms with Crippen molar-refractivity contribution in [3.63, 3.8) is 0 Å². The lowest BCUT2D eigenvalue weighted by Gasteiger charge is -2.23. The van der Waals surface area contributed by atoms with Gasteiger partial charge >= 0.3 is 0 Å². The van der Waals surface area contributed by atoms with Gasteiger partial charge in [-0.15, -0.1) is 0 Å². The standard InChI is InChI=1S/C15H19N3O/c1-15(2,3)19-14-7-5-4-6-12(14)8-18-13-9-16-11-17-10-13/h4-7,9-11,18H,8H2,1-3H3. The van der Waals surface area contributed by atoms with Crippen molar-refractivity contribution in [1.82, 2.24) is 9.97 Å². The SMILES string of the molecule is CC(C)(C)Oc1ccccc1CNc1cncnc1. The monoisotopic (exact) mass is 257 g/mol. The summed E-state index contributed by atoms with van der Waals surface area (Å²) in [5.74, 6) is 0.902. The first-order valence-corrected chi connectivity index (χ1v) is 6.30. The maximum absolute atomic E-state index is 5.95. The molecule has 0 saturated carbocycles. The Morgan fingerprint density at radius 3 is 2.47 bits per heavy atom. The van der Waals surface area contributed by atoms with E-state index in [1.54, 1.807) is 12.4 Å². The second kappa shape index (κ2) is 5.69. The number of para-hydroxylation sites is 1. The van der Waals surface area contributed by atoms with Crippen LogP contribution in [0.2, 0.25) is 0 Å². The smallest absolute Gasteiger partial charge is 0.125 e.